The van der Waals surface area contributed by atoms with Crippen molar-refractivity contribution in [3.8, 4) is 0 Å². The molecule has 1 aliphatic rings. The van der Waals surface area contributed by atoms with Crippen LogP contribution in [0.5, 0.6) is 0 Å². The predicted octanol–water partition coefficient (Wildman–Crippen LogP) is 1.93. The van der Waals surface area contributed by atoms with Crippen molar-refractivity contribution in [1.82, 2.24) is 5.32 Å². The maximum Gasteiger partial charge on any atom is 0.338 e. The first-order chi connectivity index (χ1) is 12.8. The van der Waals surface area contributed by atoms with E-state index in [1.165, 1.54) is 21.7 Å². The van der Waals surface area contributed by atoms with E-state index in [9.17, 15) is 18.0 Å². The van der Waals surface area contributed by atoms with Crippen molar-refractivity contribution >= 4 is 38.9 Å². The van der Waals surface area contributed by atoms with E-state index in [0.29, 0.717) is 24.2 Å². The van der Waals surface area contributed by atoms with Gasteiger partial charge in [0, 0.05) is 10.9 Å². The number of anilines is 1. The van der Waals surface area contributed by atoms with Crippen LogP contribution in [0, 0.1) is 0 Å². The van der Waals surface area contributed by atoms with E-state index in [1.54, 1.807) is 12.1 Å². The molecule has 3 rings (SSSR count). The molecular formula is C18H20N2O5S2. The summed E-state index contributed by atoms with van der Waals surface area (Å²) < 4.78 is 30.3. The quantitative estimate of drug-likeness (QED) is 0.738. The van der Waals surface area contributed by atoms with Gasteiger partial charge in [0.05, 0.1) is 24.1 Å². The fraction of sp³-hybridized carbons (Fsp3) is 0.333. The van der Waals surface area contributed by atoms with E-state index in [4.69, 9.17) is 4.74 Å². The first-order valence-corrected chi connectivity index (χ1v) is 11.1. The van der Waals surface area contributed by atoms with E-state index >= 15 is 0 Å². The summed E-state index contributed by atoms with van der Waals surface area (Å²) in [6, 6.07) is 8.34. The van der Waals surface area contributed by atoms with Crippen LogP contribution in [0.3, 0.4) is 0 Å². The lowest BCUT2D eigenvalue weighted by atomic mass is 10.1. The molecular weight excluding hydrogens is 388 g/mol. The van der Waals surface area contributed by atoms with Crippen molar-refractivity contribution in [2.75, 3.05) is 17.2 Å². The lowest BCUT2D eigenvalue weighted by molar-refractivity contribution is -0.124. The number of sulfonamides is 1. The minimum absolute atomic E-state index is 0.204. The van der Waals surface area contributed by atoms with Crippen LogP contribution in [0.1, 0.15) is 27.7 Å². The molecule has 0 fully saturated rings. The van der Waals surface area contributed by atoms with Gasteiger partial charge in [0.1, 0.15) is 0 Å². The largest absolute Gasteiger partial charge is 0.452 e. The van der Waals surface area contributed by atoms with Crippen LogP contribution in [-0.2, 0) is 32.5 Å². The first-order valence-electron chi connectivity index (χ1n) is 8.34. The van der Waals surface area contributed by atoms with Gasteiger partial charge in [-0.25, -0.2) is 13.2 Å². The number of ether oxygens (including phenoxy) is 1. The second kappa shape index (κ2) is 7.69. The van der Waals surface area contributed by atoms with Crippen molar-refractivity contribution < 1.29 is 22.7 Å². The molecule has 144 valence electrons. The Labute approximate surface area is 162 Å². The Bertz CT molecular complexity index is 954. The molecule has 1 aromatic heterocycles. The van der Waals surface area contributed by atoms with Crippen molar-refractivity contribution in [3.05, 3.63) is 51.7 Å². The normalized spacial score (nSPS) is 16.1. The number of nitrogens with one attached hydrogen (secondary N) is 1. The molecule has 1 atom stereocenters. The fourth-order valence-electron chi connectivity index (χ4n) is 3.10. The van der Waals surface area contributed by atoms with Crippen LogP contribution in [0.2, 0.25) is 0 Å². The zero-order valence-corrected chi connectivity index (χ0v) is 16.6. The third-order valence-electron chi connectivity index (χ3n) is 4.20. The summed E-state index contributed by atoms with van der Waals surface area (Å²) >= 11 is 1.53. The number of fused-ring (bicyclic) bond motifs is 1. The third-order valence-corrected chi connectivity index (χ3v) is 6.35. The van der Waals surface area contributed by atoms with Crippen LogP contribution in [0.25, 0.3) is 0 Å². The molecule has 2 aromatic rings. The summed E-state index contributed by atoms with van der Waals surface area (Å²) in [4.78, 5) is 25.0. The number of rotatable bonds is 6. The molecule has 0 bridgehead atoms. The number of benzene rings is 1. The number of nitrogens with zero attached hydrogens (tertiary/aromatic N) is 1. The molecule has 0 unspecified atom stereocenters. The van der Waals surface area contributed by atoms with Crippen LogP contribution in [-0.4, -0.2) is 39.2 Å². The number of carbonyl (C=O) groups is 2. The van der Waals surface area contributed by atoms with Crippen molar-refractivity contribution in [1.29, 1.82) is 0 Å². The Morgan fingerprint density at radius 2 is 2.11 bits per heavy atom. The van der Waals surface area contributed by atoms with Crippen LogP contribution in [0.15, 0.2) is 35.7 Å². The molecule has 1 N–H and O–H groups in total. The second-order valence-corrected chi connectivity index (χ2v) is 9.28. The summed E-state index contributed by atoms with van der Waals surface area (Å²) in [5.41, 5.74) is 1.64. The molecule has 0 saturated heterocycles. The Hall–Kier alpha value is -2.39. The minimum atomic E-state index is -3.38. The molecule has 27 heavy (non-hydrogen) atoms. The van der Waals surface area contributed by atoms with Gasteiger partial charge in [-0.3, -0.25) is 9.10 Å². The zero-order valence-electron chi connectivity index (χ0n) is 15.0. The van der Waals surface area contributed by atoms with Gasteiger partial charge in [-0.15, -0.1) is 11.3 Å². The molecule has 0 radical (unpaired) electrons. The van der Waals surface area contributed by atoms with Crippen molar-refractivity contribution in [3.63, 3.8) is 0 Å². The smallest absolute Gasteiger partial charge is 0.338 e. The van der Waals surface area contributed by atoms with Gasteiger partial charge in [-0.1, -0.05) is 6.07 Å². The van der Waals surface area contributed by atoms with Gasteiger partial charge in [-0.05, 0) is 48.6 Å². The number of amides is 1. The molecule has 7 nitrogen and oxygen atoms in total. The van der Waals surface area contributed by atoms with E-state index in [0.717, 1.165) is 16.7 Å². The molecule has 1 amide bonds. The number of thiophene rings is 1. The van der Waals surface area contributed by atoms with Gasteiger partial charge in [-0.2, -0.15) is 0 Å². The standard InChI is InChI=1S/C18H20N2O5S2/c1-12-8-14-9-13(5-6-16(14)20(12)27(2,23)24)18(22)25-11-17(21)19-10-15-4-3-7-26-15/h3-7,9,12H,8,10-11H2,1-2H3,(H,19,21)/t12-/m0/s1. The lowest BCUT2D eigenvalue weighted by Crippen LogP contribution is -2.34. The summed E-state index contributed by atoms with van der Waals surface area (Å²) in [7, 11) is -3.38. The molecule has 0 aliphatic carbocycles. The summed E-state index contributed by atoms with van der Waals surface area (Å²) in [6.07, 6.45) is 1.68. The zero-order chi connectivity index (χ0) is 19.6. The SMILES string of the molecule is C[C@H]1Cc2cc(C(=O)OCC(=O)NCc3cccs3)ccc2N1S(C)(=O)=O. The second-order valence-electron chi connectivity index (χ2n) is 6.39. The maximum atomic E-state index is 12.2. The third kappa shape index (κ3) is 4.48. The predicted molar refractivity (Wildman–Crippen MR) is 103 cm³/mol. The van der Waals surface area contributed by atoms with Gasteiger partial charge >= 0.3 is 5.97 Å². The topological polar surface area (TPSA) is 92.8 Å². The number of esters is 1. The molecule has 1 aromatic carbocycles. The highest BCUT2D eigenvalue weighted by molar-refractivity contribution is 7.92. The van der Waals surface area contributed by atoms with Gasteiger partial charge in [0.2, 0.25) is 10.0 Å². The summed E-state index contributed by atoms with van der Waals surface area (Å²) in [5.74, 6) is -0.996. The summed E-state index contributed by atoms with van der Waals surface area (Å²) in [6.45, 7) is 1.84. The molecule has 2 heterocycles. The van der Waals surface area contributed by atoms with E-state index in [-0.39, 0.29) is 18.6 Å². The Kier molecular flexibility index (Phi) is 5.52. The van der Waals surface area contributed by atoms with Gasteiger partial charge < -0.3 is 10.1 Å². The lowest BCUT2D eigenvalue weighted by Gasteiger charge is -2.21. The Morgan fingerprint density at radius 3 is 2.78 bits per heavy atom. The minimum Gasteiger partial charge on any atom is -0.452 e. The van der Waals surface area contributed by atoms with E-state index < -0.39 is 16.0 Å². The monoisotopic (exact) mass is 408 g/mol. The van der Waals surface area contributed by atoms with Crippen molar-refractivity contribution in [2.24, 2.45) is 0 Å². The highest BCUT2D eigenvalue weighted by atomic mass is 32.2. The summed E-state index contributed by atoms with van der Waals surface area (Å²) in [5, 5.41) is 4.60. The van der Waals surface area contributed by atoms with Gasteiger partial charge in [0.15, 0.2) is 6.61 Å². The number of hydrogen-bond acceptors (Lipinski definition) is 6. The first kappa shape index (κ1) is 19.4. The number of hydrogen-bond donors (Lipinski definition) is 1. The number of carbonyl (C=O) groups excluding carboxylic acids is 2. The average Bonchev–Trinajstić information content (AvgIpc) is 3.22. The van der Waals surface area contributed by atoms with Gasteiger partial charge in [0.25, 0.3) is 5.91 Å². The molecule has 0 saturated carbocycles. The van der Waals surface area contributed by atoms with Crippen molar-refractivity contribution in [2.45, 2.75) is 25.9 Å². The fourth-order valence-corrected chi connectivity index (χ4v) is 5.01. The van der Waals surface area contributed by atoms with Crippen LogP contribution < -0.4 is 9.62 Å². The van der Waals surface area contributed by atoms with E-state index in [2.05, 4.69) is 5.32 Å². The molecule has 9 heteroatoms. The Morgan fingerprint density at radius 1 is 1.33 bits per heavy atom. The molecule has 0 spiro atoms. The van der Waals surface area contributed by atoms with Crippen LogP contribution in [0.4, 0.5) is 5.69 Å². The maximum absolute atomic E-state index is 12.2. The van der Waals surface area contributed by atoms with E-state index in [1.807, 2.05) is 24.4 Å². The molecule has 1 aliphatic heterocycles. The van der Waals surface area contributed by atoms with Crippen LogP contribution >= 0.6 is 11.3 Å². The highest BCUT2D eigenvalue weighted by Crippen LogP contribution is 2.34. The Balaban J connectivity index is 1.60. The average molecular weight is 409 g/mol. The highest BCUT2D eigenvalue weighted by Gasteiger charge is 2.32.